The van der Waals surface area contributed by atoms with Crippen LogP contribution in [0.1, 0.15) is 12.5 Å². The molecule has 0 saturated carbocycles. The largest absolute Gasteiger partial charge is 0.506 e. The molecule has 2 aromatic carbocycles. The number of aliphatic hydroxyl groups excluding tert-OH is 1. The molecule has 24 heavy (non-hydrogen) atoms. The highest BCUT2D eigenvalue weighted by molar-refractivity contribution is 6.32. The number of aliphatic hydroxyl groups is 1. The van der Waals surface area contributed by atoms with E-state index in [1.54, 1.807) is 31.2 Å². The van der Waals surface area contributed by atoms with E-state index in [0.29, 0.717) is 5.69 Å². The number of aliphatic imine (C=N–C) groups is 1. The molecule has 0 aliphatic heterocycles. The van der Waals surface area contributed by atoms with Gasteiger partial charge in [-0.25, -0.2) is 9.18 Å². The van der Waals surface area contributed by atoms with E-state index < -0.39 is 11.8 Å². The quantitative estimate of drug-likeness (QED) is 0.368. The monoisotopic (exact) mass is 347 g/mol. The molecule has 1 N–H and O–H groups in total. The molecule has 0 unspecified atom stereocenters. The standard InChI is InChI=1S/C18H15ClFNO3/c1-2-24-18(23)15(11-21-13-9-7-12(20)8-10-13)17(22)14-5-3-4-6-16(14)19/h3-11,22H,2H2,1H3/b17-15-,21-11?. The molecule has 0 heterocycles. The maximum absolute atomic E-state index is 12.9. The number of carbonyl (C=O) groups excluding carboxylic acids is 1. The number of halogens is 2. The summed E-state index contributed by atoms with van der Waals surface area (Å²) in [6.45, 7) is 1.79. The summed E-state index contributed by atoms with van der Waals surface area (Å²) < 4.78 is 17.9. The molecule has 0 bridgehead atoms. The highest BCUT2D eigenvalue weighted by Crippen LogP contribution is 2.24. The van der Waals surface area contributed by atoms with Gasteiger partial charge in [-0.15, -0.1) is 0 Å². The molecule has 0 atom stereocenters. The first kappa shape index (κ1) is 17.7. The number of rotatable bonds is 5. The van der Waals surface area contributed by atoms with Crippen molar-refractivity contribution in [2.24, 2.45) is 4.99 Å². The summed E-state index contributed by atoms with van der Waals surface area (Å²) in [6.07, 6.45) is 1.17. The lowest BCUT2D eigenvalue weighted by atomic mass is 10.1. The molecular formula is C18H15ClFNO3. The van der Waals surface area contributed by atoms with Gasteiger partial charge in [-0.1, -0.05) is 23.7 Å². The van der Waals surface area contributed by atoms with Crippen molar-refractivity contribution in [3.63, 3.8) is 0 Å². The molecule has 2 rings (SSSR count). The Morgan fingerprint density at radius 2 is 1.92 bits per heavy atom. The molecule has 0 aromatic heterocycles. The van der Waals surface area contributed by atoms with Gasteiger partial charge in [0.25, 0.3) is 0 Å². The fraction of sp³-hybridized carbons (Fsp3) is 0.111. The van der Waals surface area contributed by atoms with Crippen LogP contribution >= 0.6 is 11.6 Å². The predicted octanol–water partition coefficient (Wildman–Crippen LogP) is 4.71. The minimum atomic E-state index is -0.735. The topological polar surface area (TPSA) is 58.9 Å². The molecule has 6 heteroatoms. The third-order valence-electron chi connectivity index (χ3n) is 3.05. The molecule has 0 saturated heterocycles. The second-order valence-electron chi connectivity index (χ2n) is 4.70. The van der Waals surface area contributed by atoms with Gasteiger partial charge in [0.2, 0.25) is 0 Å². The van der Waals surface area contributed by atoms with Crippen molar-refractivity contribution in [3.8, 4) is 0 Å². The van der Waals surface area contributed by atoms with Crippen molar-refractivity contribution in [2.75, 3.05) is 6.61 Å². The number of benzene rings is 2. The summed E-state index contributed by atoms with van der Waals surface area (Å²) in [5.41, 5.74) is 0.562. The molecule has 0 spiro atoms. The van der Waals surface area contributed by atoms with E-state index in [-0.39, 0.29) is 28.5 Å². The average Bonchev–Trinajstić information content (AvgIpc) is 2.57. The fourth-order valence-corrected chi connectivity index (χ4v) is 2.11. The van der Waals surface area contributed by atoms with E-state index in [4.69, 9.17) is 16.3 Å². The van der Waals surface area contributed by atoms with Gasteiger partial charge in [0.15, 0.2) is 0 Å². The minimum absolute atomic E-state index is 0.141. The van der Waals surface area contributed by atoms with E-state index in [9.17, 15) is 14.3 Å². The number of nitrogens with zero attached hydrogens (tertiary/aromatic N) is 1. The zero-order valence-electron chi connectivity index (χ0n) is 12.9. The first-order valence-electron chi connectivity index (χ1n) is 7.17. The summed E-state index contributed by atoms with van der Waals surface area (Å²) in [7, 11) is 0. The van der Waals surface area contributed by atoms with Gasteiger partial charge in [-0.3, -0.25) is 4.99 Å². The fourth-order valence-electron chi connectivity index (χ4n) is 1.88. The molecular weight excluding hydrogens is 333 g/mol. The van der Waals surface area contributed by atoms with Crippen LogP contribution in [0.5, 0.6) is 0 Å². The normalized spacial score (nSPS) is 12.1. The van der Waals surface area contributed by atoms with Gasteiger partial charge >= 0.3 is 5.97 Å². The van der Waals surface area contributed by atoms with Gasteiger partial charge in [0, 0.05) is 11.8 Å². The van der Waals surface area contributed by atoms with Crippen LogP contribution in [0.2, 0.25) is 5.02 Å². The van der Waals surface area contributed by atoms with Gasteiger partial charge in [0.05, 0.1) is 17.3 Å². The summed E-state index contributed by atoms with van der Waals surface area (Å²) >= 11 is 6.05. The molecule has 4 nitrogen and oxygen atoms in total. The van der Waals surface area contributed by atoms with Crippen LogP contribution in [0.4, 0.5) is 10.1 Å². The molecule has 0 aliphatic carbocycles. The van der Waals surface area contributed by atoms with Crippen LogP contribution in [-0.4, -0.2) is 23.9 Å². The highest BCUT2D eigenvalue weighted by atomic mass is 35.5. The second-order valence-corrected chi connectivity index (χ2v) is 5.10. The number of esters is 1. The third kappa shape index (κ3) is 4.43. The number of ether oxygens (including phenoxy) is 1. The molecule has 124 valence electrons. The van der Waals surface area contributed by atoms with Crippen molar-refractivity contribution in [2.45, 2.75) is 6.92 Å². The summed E-state index contributed by atoms with van der Waals surface area (Å²) in [6, 6.07) is 11.9. The van der Waals surface area contributed by atoms with Crippen LogP contribution in [-0.2, 0) is 9.53 Å². The molecule has 0 amide bonds. The molecule has 0 fully saturated rings. The Balaban J connectivity index is 2.44. The predicted molar refractivity (Wildman–Crippen MR) is 92.2 cm³/mol. The Morgan fingerprint density at radius 1 is 1.25 bits per heavy atom. The Kier molecular flexibility index (Phi) is 6.09. The Hall–Kier alpha value is -2.66. The van der Waals surface area contributed by atoms with Gasteiger partial charge in [-0.05, 0) is 43.3 Å². The SMILES string of the molecule is CCOC(=O)/C(C=Nc1ccc(F)cc1)=C(\O)c1ccccc1Cl. The summed E-state index contributed by atoms with van der Waals surface area (Å²) in [5, 5.41) is 10.7. The second kappa shape index (κ2) is 8.26. The van der Waals surface area contributed by atoms with E-state index in [2.05, 4.69) is 4.99 Å². The van der Waals surface area contributed by atoms with Crippen molar-refractivity contribution in [3.05, 3.63) is 70.5 Å². The van der Waals surface area contributed by atoms with Crippen molar-refractivity contribution < 1.29 is 19.0 Å². The van der Waals surface area contributed by atoms with Crippen molar-refractivity contribution >= 4 is 35.2 Å². The van der Waals surface area contributed by atoms with Crippen LogP contribution in [0.25, 0.3) is 5.76 Å². The highest BCUT2D eigenvalue weighted by Gasteiger charge is 2.17. The lowest BCUT2D eigenvalue weighted by Crippen LogP contribution is -2.11. The zero-order chi connectivity index (χ0) is 17.5. The first-order chi connectivity index (χ1) is 11.5. The summed E-state index contributed by atoms with van der Waals surface area (Å²) in [4.78, 5) is 16.2. The zero-order valence-corrected chi connectivity index (χ0v) is 13.6. The number of hydrogen-bond acceptors (Lipinski definition) is 4. The molecule has 0 aliphatic rings. The number of carbonyl (C=O) groups is 1. The van der Waals surface area contributed by atoms with Crippen LogP contribution in [0.3, 0.4) is 0 Å². The van der Waals surface area contributed by atoms with Gasteiger partial charge in [-0.2, -0.15) is 0 Å². The summed E-state index contributed by atoms with van der Waals surface area (Å²) in [5.74, 6) is -1.47. The van der Waals surface area contributed by atoms with E-state index in [1.807, 2.05) is 0 Å². The Labute approximate surface area is 143 Å². The van der Waals surface area contributed by atoms with Crippen molar-refractivity contribution in [1.29, 1.82) is 0 Å². The van der Waals surface area contributed by atoms with Crippen molar-refractivity contribution in [1.82, 2.24) is 0 Å². The molecule has 0 radical (unpaired) electrons. The van der Waals surface area contributed by atoms with Crippen LogP contribution in [0, 0.1) is 5.82 Å². The van der Waals surface area contributed by atoms with Crippen LogP contribution < -0.4 is 0 Å². The minimum Gasteiger partial charge on any atom is -0.506 e. The smallest absolute Gasteiger partial charge is 0.343 e. The van der Waals surface area contributed by atoms with Gasteiger partial charge in [0.1, 0.15) is 17.1 Å². The molecule has 2 aromatic rings. The Morgan fingerprint density at radius 3 is 2.54 bits per heavy atom. The Bertz CT molecular complexity index is 785. The number of hydrogen-bond donors (Lipinski definition) is 1. The van der Waals surface area contributed by atoms with Gasteiger partial charge < -0.3 is 9.84 Å². The average molecular weight is 348 g/mol. The lowest BCUT2D eigenvalue weighted by Gasteiger charge is -2.08. The third-order valence-corrected chi connectivity index (χ3v) is 3.38. The maximum Gasteiger partial charge on any atom is 0.343 e. The van der Waals surface area contributed by atoms with Crippen LogP contribution in [0.15, 0.2) is 59.1 Å². The van der Waals surface area contributed by atoms with E-state index in [0.717, 1.165) is 0 Å². The van der Waals surface area contributed by atoms with E-state index in [1.165, 1.54) is 30.5 Å². The maximum atomic E-state index is 12.9. The van der Waals surface area contributed by atoms with E-state index >= 15 is 0 Å². The first-order valence-corrected chi connectivity index (χ1v) is 7.55. The lowest BCUT2D eigenvalue weighted by molar-refractivity contribution is -0.137.